The molecular formula is C42H32B4N4O2. The molecule has 11 rings (SSSR count). The average Bonchev–Trinajstić information content (AvgIpc) is 3.22. The molecule has 4 aromatic rings. The topological polar surface area (TPSA) is 31.4 Å². The highest BCUT2D eigenvalue weighted by atomic mass is 16.5. The van der Waals surface area contributed by atoms with Gasteiger partial charge in [0.05, 0.1) is 5.41 Å². The van der Waals surface area contributed by atoms with Crippen molar-refractivity contribution in [2.75, 3.05) is 0 Å². The molecule has 0 unspecified atom stereocenters. The maximum Gasteiger partial charge on any atom is 0.381 e. The van der Waals surface area contributed by atoms with Crippen LogP contribution < -0.4 is 9.47 Å². The molecule has 0 saturated carbocycles. The normalized spacial score (nSPS) is 20.1. The monoisotopic (exact) mass is 671 g/mol. The van der Waals surface area contributed by atoms with Gasteiger partial charge in [-0.05, 0) is 85.3 Å². The van der Waals surface area contributed by atoms with Crippen LogP contribution in [-0.2, 0) is 5.41 Å². The summed E-state index contributed by atoms with van der Waals surface area (Å²) in [4.78, 5) is 0. The van der Waals surface area contributed by atoms with Crippen molar-refractivity contribution in [1.29, 1.82) is 0 Å². The van der Waals surface area contributed by atoms with Gasteiger partial charge in [0.2, 0.25) is 0 Å². The minimum atomic E-state index is -2.43. The molecule has 7 aliphatic heterocycles. The average molecular weight is 671 g/mol. The van der Waals surface area contributed by atoms with Crippen molar-refractivity contribution in [2.24, 2.45) is 0 Å². The van der Waals surface area contributed by atoms with E-state index in [0.29, 0.717) is 17.1 Å². The molecule has 0 N–H and O–H groups in total. The zero-order valence-electron chi connectivity index (χ0n) is 31.2. The van der Waals surface area contributed by atoms with E-state index in [2.05, 4.69) is 128 Å². The van der Waals surface area contributed by atoms with Crippen LogP contribution in [0.5, 0.6) is 23.0 Å². The van der Waals surface area contributed by atoms with Crippen LogP contribution in [0.1, 0.15) is 37.5 Å². The number of benzene rings is 4. The Labute approximate surface area is 310 Å². The predicted molar refractivity (Wildman–Crippen MR) is 212 cm³/mol. The quantitative estimate of drug-likeness (QED) is 0.165. The number of nitrogens with zero attached hydrogens (tertiary/aromatic N) is 4. The van der Waals surface area contributed by atoms with E-state index in [9.17, 15) is 0 Å². The van der Waals surface area contributed by atoms with Crippen LogP contribution in [0.25, 0.3) is 5.57 Å². The zero-order valence-corrected chi connectivity index (χ0v) is 28.2. The van der Waals surface area contributed by atoms with E-state index in [1.165, 1.54) is 0 Å². The maximum atomic E-state index is 8.90. The van der Waals surface area contributed by atoms with Crippen LogP contribution in [0, 0.1) is 6.85 Å². The van der Waals surface area contributed by atoms with E-state index >= 15 is 0 Å². The lowest BCUT2D eigenvalue weighted by molar-refractivity contribution is 0.398. The molecule has 10 heteroatoms. The second-order valence-electron chi connectivity index (χ2n) is 13.9. The Kier molecular flexibility index (Phi) is 5.73. The zero-order chi connectivity index (χ0) is 36.9. The van der Waals surface area contributed by atoms with Crippen molar-refractivity contribution >= 4 is 33.5 Å². The first-order chi connectivity index (χ1) is 26.9. The van der Waals surface area contributed by atoms with Gasteiger partial charge >= 0.3 is 27.9 Å². The summed E-state index contributed by atoms with van der Waals surface area (Å²) in [6, 6.07) is 28.2. The van der Waals surface area contributed by atoms with E-state index in [0.717, 1.165) is 39.3 Å². The van der Waals surface area contributed by atoms with Crippen molar-refractivity contribution in [1.82, 2.24) is 18.9 Å². The number of hydrogen-bond acceptors (Lipinski definition) is 6. The molecule has 1 spiro atoms. The number of rotatable bonds is 1. The van der Waals surface area contributed by atoms with Gasteiger partial charge in [0, 0.05) is 31.9 Å². The van der Waals surface area contributed by atoms with Crippen LogP contribution in [-0.4, -0.2) is 46.8 Å². The Morgan fingerprint density at radius 2 is 1.02 bits per heavy atom. The third kappa shape index (κ3) is 4.00. The minimum absolute atomic E-state index is 0.0160. The lowest BCUT2D eigenvalue weighted by atomic mass is 9.41. The van der Waals surface area contributed by atoms with Crippen molar-refractivity contribution in [3.63, 3.8) is 0 Å². The Bertz CT molecular complexity index is 2450. The molecule has 52 heavy (non-hydrogen) atoms. The van der Waals surface area contributed by atoms with Crippen molar-refractivity contribution in [3.05, 3.63) is 210 Å². The molecule has 244 valence electrons. The van der Waals surface area contributed by atoms with Gasteiger partial charge in [0.1, 0.15) is 23.0 Å². The lowest BCUT2D eigenvalue weighted by Crippen LogP contribution is -2.73. The van der Waals surface area contributed by atoms with Crippen molar-refractivity contribution < 1.29 is 13.6 Å². The molecule has 7 aliphatic rings. The summed E-state index contributed by atoms with van der Waals surface area (Å²) < 4.78 is 49.7. The van der Waals surface area contributed by atoms with Gasteiger partial charge in [-0.3, -0.25) is 0 Å². The van der Waals surface area contributed by atoms with Crippen LogP contribution in [0.4, 0.5) is 0 Å². The van der Waals surface area contributed by atoms with Gasteiger partial charge in [-0.1, -0.05) is 109 Å². The summed E-state index contributed by atoms with van der Waals surface area (Å²) in [6.07, 6.45) is 23.2. The summed E-state index contributed by atoms with van der Waals surface area (Å²) in [5.74, 6) is 11.6. The number of fused-ring (bicyclic) bond motifs is 16. The molecule has 0 atom stereocenters. The highest BCUT2D eigenvalue weighted by Gasteiger charge is 2.53. The van der Waals surface area contributed by atoms with Gasteiger partial charge in [-0.15, -0.1) is 0 Å². The first-order valence-electron chi connectivity index (χ1n) is 19.3. The van der Waals surface area contributed by atoms with Crippen LogP contribution in [0.15, 0.2) is 176 Å². The number of hydrogen-bond donors (Lipinski definition) is 0. The third-order valence-electron chi connectivity index (χ3n) is 11.3. The lowest BCUT2D eigenvalue weighted by Gasteiger charge is -2.53. The molecule has 6 nitrogen and oxygen atoms in total. The number of ether oxygens (including phenoxy) is 2. The number of allylic oxidation sites excluding steroid dienone is 8. The third-order valence-corrected chi connectivity index (χ3v) is 11.3. The fourth-order valence-electron chi connectivity index (χ4n) is 9.17. The molecular weight excluding hydrogens is 636 g/mol. The largest absolute Gasteiger partial charge is 0.457 e. The summed E-state index contributed by atoms with van der Waals surface area (Å²) in [6.45, 7) is -2.96. The van der Waals surface area contributed by atoms with Crippen molar-refractivity contribution in [3.8, 4) is 23.0 Å². The van der Waals surface area contributed by atoms with Crippen LogP contribution >= 0.6 is 0 Å². The van der Waals surface area contributed by atoms with E-state index in [1.54, 1.807) is 6.07 Å². The maximum absolute atomic E-state index is 8.90. The first-order valence-corrected chi connectivity index (χ1v) is 17.8. The van der Waals surface area contributed by atoms with E-state index in [4.69, 9.17) is 13.6 Å². The number of para-hydroxylation sites is 3. The van der Waals surface area contributed by atoms with Crippen LogP contribution in [0.3, 0.4) is 0 Å². The molecule has 0 radical (unpaired) electrons. The Morgan fingerprint density at radius 1 is 0.519 bits per heavy atom. The van der Waals surface area contributed by atoms with E-state index in [1.807, 2.05) is 60.7 Å². The summed E-state index contributed by atoms with van der Waals surface area (Å²) in [5.41, 5.74) is 4.52. The summed E-state index contributed by atoms with van der Waals surface area (Å²) >= 11 is 0. The second-order valence-corrected chi connectivity index (χ2v) is 13.9. The van der Waals surface area contributed by atoms with Gasteiger partial charge in [0.15, 0.2) is 0 Å². The number of aryl methyl sites for hydroxylation is 1. The molecule has 7 heterocycles. The molecule has 1 fully saturated rings. The SMILES string of the molecule is [2H]C([2H])([2H])c1ccc2c(c1C1=CB3N4C=CC=CB4N4C=CC=CB4N4C=CC=CB4N3C=C1)Oc1ccccc1C21c2ccccc2Oc2ccccc21. The second kappa shape index (κ2) is 11.2. The predicted octanol–water partition coefficient (Wildman–Crippen LogP) is 8.08. The molecule has 0 aliphatic carbocycles. The Hall–Kier alpha value is -6.14. The fourth-order valence-corrected chi connectivity index (χ4v) is 9.17. The van der Waals surface area contributed by atoms with Gasteiger partial charge in [-0.25, -0.2) is 0 Å². The molecule has 0 aromatic heterocycles. The summed E-state index contributed by atoms with van der Waals surface area (Å²) in [5, 5.41) is 0. The van der Waals surface area contributed by atoms with Gasteiger partial charge in [0.25, 0.3) is 0 Å². The molecule has 0 bridgehead atoms. The smallest absolute Gasteiger partial charge is 0.381 e. The van der Waals surface area contributed by atoms with E-state index < -0.39 is 12.3 Å². The Morgan fingerprint density at radius 3 is 1.58 bits per heavy atom. The Balaban J connectivity index is 1.17. The van der Waals surface area contributed by atoms with E-state index in [-0.39, 0.29) is 33.5 Å². The highest BCUT2D eigenvalue weighted by molar-refractivity contribution is 6.92. The standard InChI is InChI=1S/C42H32B4N4O2/c1-31-20-21-36-41(52-39-19-7-4-16-35(39)42(36)33-14-2-5-17-37(33)51-38-18-6-3-15-34(38)42)40(31)32-22-29-50-45-25-9-12-27-48(45)43-23-8-11-26-47(43)44-24-10-13-28-49(44)46(50)30-32/h2-30H,1H3/i1D3. The molecule has 4 aromatic carbocycles. The van der Waals surface area contributed by atoms with Gasteiger partial charge in [-0.2, -0.15) is 0 Å². The summed E-state index contributed by atoms with van der Waals surface area (Å²) in [7, 11) is 0. The molecule has 1 saturated heterocycles. The highest BCUT2D eigenvalue weighted by Crippen LogP contribution is 2.62. The first kappa shape index (κ1) is 26.6. The fraction of sp³-hybridized carbons (Fsp3) is 0.0476. The van der Waals surface area contributed by atoms with Crippen LogP contribution in [0.2, 0.25) is 0 Å². The molecule has 0 amide bonds. The van der Waals surface area contributed by atoms with Gasteiger partial charge < -0.3 is 28.4 Å². The van der Waals surface area contributed by atoms with Crippen molar-refractivity contribution in [2.45, 2.75) is 12.3 Å². The minimum Gasteiger partial charge on any atom is -0.457 e.